The van der Waals surface area contributed by atoms with Gasteiger partial charge >= 0.3 is 6.18 Å². The Morgan fingerprint density at radius 1 is 1.03 bits per heavy atom. The number of imidazole rings is 1. The molecule has 2 aliphatic rings. The summed E-state index contributed by atoms with van der Waals surface area (Å²) >= 11 is 0. The fraction of sp³-hybridized carbons (Fsp3) is 0.391. The molecule has 1 saturated carbocycles. The van der Waals surface area contributed by atoms with Crippen LogP contribution in [0.3, 0.4) is 0 Å². The van der Waals surface area contributed by atoms with Gasteiger partial charge in [0, 0.05) is 43.1 Å². The Morgan fingerprint density at radius 2 is 1.87 bits per heavy atom. The molecule has 1 aliphatic carbocycles. The van der Waals surface area contributed by atoms with Gasteiger partial charge in [0.05, 0.1) is 0 Å². The van der Waals surface area contributed by atoms with Crippen LogP contribution >= 0.6 is 0 Å². The number of nitrogens with zero attached hydrogens (tertiary/aromatic N) is 3. The molecule has 1 aromatic carbocycles. The lowest BCUT2D eigenvalue weighted by atomic mass is 9.98. The highest BCUT2D eigenvalue weighted by atomic mass is 19.4. The number of fused-ring (bicyclic) bond motifs is 1. The predicted molar refractivity (Wildman–Crippen MR) is 112 cm³/mol. The van der Waals surface area contributed by atoms with Gasteiger partial charge < -0.3 is 15.2 Å². The van der Waals surface area contributed by atoms with Gasteiger partial charge in [-0.1, -0.05) is 36.4 Å². The molecule has 2 aromatic heterocycles. The van der Waals surface area contributed by atoms with E-state index in [1.807, 2.05) is 41.4 Å². The van der Waals surface area contributed by atoms with E-state index >= 15 is 0 Å². The first-order valence-corrected chi connectivity index (χ1v) is 10.6. The number of aromatic nitrogens is 3. The number of hydrogen-bond donors (Lipinski definition) is 2. The van der Waals surface area contributed by atoms with Crippen LogP contribution in [0, 0.1) is 11.8 Å². The van der Waals surface area contributed by atoms with Crippen molar-refractivity contribution in [3.8, 4) is 11.4 Å². The second-order valence-electron chi connectivity index (χ2n) is 8.40. The molecule has 8 heteroatoms. The number of halogens is 3. The zero-order valence-electron chi connectivity index (χ0n) is 16.9. The van der Waals surface area contributed by atoms with Gasteiger partial charge in [0.2, 0.25) is 0 Å². The molecule has 1 saturated heterocycles. The molecule has 31 heavy (non-hydrogen) atoms. The first-order chi connectivity index (χ1) is 15.0. The Morgan fingerprint density at radius 3 is 2.68 bits per heavy atom. The molecule has 0 radical (unpaired) electrons. The number of hydrogen-bond acceptors (Lipinski definition) is 4. The highest BCUT2D eigenvalue weighted by molar-refractivity contribution is 5.54. The van der Waals surface area contributed by atoms with Gasteiger partial charge in [-0.15, -0.1) is 0 Å². The zero-order valence-corrected chi connectivity index (χ0v) is 16.9. The summed E-state index contributed by atoms with van der Waals surface area (Å²) in [5, 5.41) is 3.64. The Labute approximate surface area is 178 Å². The van der Waals surface area contributed by atoms with Gasteiger partial charge in [-0.25, -0.2) is 9.97 Å². The van der Waals surface area contributed by atoms with Crippen molar-refractivity contribution in [1.29, 1.82) is 0 Å². The molecule has 5 rings (SSSR count). The SMILES string of the molecule is FC(F)(F)c1cccc(N2CC3CCC(NCc4cnc(-c5ccccc5)[nH]4)C3C2)n1. The topological polar surface area (TPSA) is 56.8 Å². The standard InChI is InChI=1S/C23H24F3N5/c24-23(25,26)20-7-4-8-21(30-20)31-13-16-9-10-19(18(16)14-31)27-11-17-12-28-22(29-17)15-5-2-1-3-6-15/h1-8,12,16,18-19,27H,9-11,13-14H2,(H,28,29). The van der Waals surface area contributed by atoms with E-state index in [-0.39, 0.29) is 0 Å². The summed E-state index contributed by atoms with van der Waals surface area (Å²) in [4.78, 5) is 13.7. The molecule has 162 valence electrons. The normalized spacial score (nSPS) is 23.3. The van der Waals surface area contributed by atoms with Crippen molar-refractivity contribution in [2.45, 2.75) is 31.6 Å². The molecule has 0 spiro atoms. The molecule has 3 aromatic rings. The highest BCUT2D eigenvalue weighted by Crippen LogP contribution is 2.40. The summed E-state index contributed by atoms with van der Waals surface area (Å²) in [5.74, 6) is 2.16. The van der Waals surface area contributed by atoms with Crippen LogP contribution in [-0.4, -0.2) is 34.1 Å². The van der Waals surface area contributed by atoms with Gasteiger partial charge in [-0.3, -0.25) is 0 Å². The summed E-state index contributed by atoms with van der Waals surface area (Å²) in [7, 11) is 0. The number of aromatic amines is 1. The molecule has 3 heterocycles. The van der Waals surface area contributed by atoms with Crippen LogP contribution in [0.1, 0.15) is 24.2 Å². The van der Waals surface area contributed by atoms with Gasteiger partial charge in [-0.2, -0.15) is 13.2 Å². The van der Waals surface area contributed by atoms with Crippen molar-refractivity contribution < 1.29 is 13.2 Å². The van der Waals surface area contributed by atoms with E-state index in [0.29, 0.717) is 30.2 Å². The molecule has 2 N–H and O–H groups in total. The largest absolute Gasteiger partial charge is 0.433 e. The Hall–Kier alpha value is -2.87. The first kappa shape index (κ1) is 20.1. The third-order valence-electron chi connectivity index (χ3n) is 6.44. The van der Waals surface area contributed by atoms with Crippen molar-refractivity contribution in [1.82, 2.24) is 20.3 Å². The molecular formula is C23H24F3N5. The minimum Gasteiger partial charge on any atom is -0.356 e. The number of H-pyrrole nitrogens is 1. The molecule has 0 amide bonds. The number of alkyl halides is 3. The maximum Gasteiger partial charge on any atom is 0.433 e. The van der Waals surface area contributed by atoms with Crippen LogP contribution in [0.4, 0.5) is 19.0 Å². The number of benzene rings is 1. The van der Waals surface area contributed by atoms with E-state index in [4.69, 9.17) is 0 Å². The summed E-state index contributed by atoms with van der Waals surface area (Å²) in [6.07, 6.45) is -0.400. The number of nitrogens with one attached hydrogen (secondary N) is 2. The van der Waals surface area contributed by atoms with Crippen molar-refractivity contribution in [2.75, 3.05) is 18.0 Å². The predicted octanol–water partition coefficient (Wildman–Crippen LogP) is 4.50. The Balaban J connectivity index is 1.21. The van der Waals surface area contributed by atoms with Crippen LogP contribution in [0.15, 0.2) is 54.7 Å². The average molecular weight is 427 g/mol. The molecule has 0 bridgehead atoms. The van der Waals surface area contributed by atoms with Gasteiger partial charge in [0.15, 0.2) is 0 Å². The molecule has 2 fully saturated rings. The number of anilines is 1. The van der Waals surface area contributed by atoms with Crippen molar-refractivity contribution in [2.24, 2.45) is 11.8 Å². The minimum atomic E-state index is -4.42. The fourth-order valence-corrected chi connectivity index (χ4v) is 4.90. The summed E-state index contributed by atoms with van der Waals surface area (Å²) in [6, 6.07) is 14.5. The van der Waals surface area contributed by atoms with Crippen LogP contribution in [-0.2, 0) is 12.7 Å². The molecular weight excluding hydrogens is 403 g/mol. The van der Waals surface area contributed by atoms with Gasteiger partial charge in [0.1, 0.15) is 17.3 Å². The molecule has 3 atom stereocenters. The van der Waals surface area contributed by atoms with Gasteiger partial charge in [0.25, 0.3) is 0 Å². The lowest BCUT2D eigenvalue weighted by Gasteiger charge is -2.23. The quantitative estimate of drug-likeness (QED) is 0.630. The number of pyridine rings is 1. The fourth-order valence-electron chi connectivity index (χ4n) is 4.90. The summed E-state index contributed by atoms with van der Waals surface area (Å²) in [6.45, 7) is 2.18. The monoisotopic (exact) mass is 427 g/mol. The van der Waals surface area contributed by atoms with Crippen molar-refractivity contribution >= 4 is 5.82 Å². The number of rotatable bonds is 5. The Bertz CT molecular complexity index is 1030. The van der Waals surface area contributed by atoms with Crippen LogP contribution < -0.4 is 10.2 Å². The smallest absolute Gasteiger partial charge is 0.356 e. The third-order valence-corrected chi connectivity index (χ3v) is 6.44. The summed E-state index contributed by atoms with van der Waals surface area (Å²) in [5.41, 5.74) is 1.25. The minimum absolute atomic E-state index is 0.337. The van der Waals surface area contributed by atoms with Crippen LogP contribution in [0.2, 0.25) is 0 Å². The van der Waals surface area contributed by atoms with E-state index in [0.717, 1.165) is 49.1 Å². The Kier molecular flexibility index (Phi) is 5.17. The van der Waals surface area contributed by atoms with Crippen LogP contribution in [0.5, 0.6) is 0 Å². The maximum absolute atomic E-state index is 13.0. The maximum atomic E-state index is 13.0. The van der Waals surface area contributed by atoms with E-state index in [9.17, 15) is 13.2 Å². The van der Waals surface area contributed by atoms with E-state index in [2.05, 4.69) is 20.3 Å². The lowest BCUT2D eigenvalue weighted by Crippen LogP contribution is -2.35. The van der Waals surface area contributed by atoms with Gasteiger partial charge in [-0.05, 0) is 36.8 Å². The second kappa shape index (κ2) is 8.00. The van der Waals surface area contributed by atoms with E-state index in [1.165, 1.54) is 6.07 Å². The van der Waals surface area contributed by atoms with Crippen molar-refractivity contribution in [3.05, 3.63) is 66.1 Å². The highest BCUT2D eigenvalue weighted by Gasteiger charge is 2.43. The lowest BCUT2D eigenvalue weighted by molar-refractivity contribution is -0.141. The second-order valence-corrected chi connectivity index (χ2v) is 8.40. The summed E-state index contributed by atoms with van der Waals surface area (Å²) < 4.78 is 39.1. The molecule has 3 unspecified atom stereocenters. The average Bonchev–Trinajstić information content (AvgIpc) is 3.49. The van der Waals surface area contributed by atoms with Crippen molar-refractivity contribution in [3.63, 3.8) is 0 Å². The third kappa shape index (κ3) is 4.17. The molecule has 1 aliphatic heterocycles. The van der Waals surface area contributed by atoms with E-state index < -0.39 is 11.9 Å². The zero-order chi connectivity index (χ0) is 21.4. The molecule has 5 nitrogen and oxygen atoms in total. The van der Waals surface area contributed by atoms with E-state index in [1.54, 1.807) is 6.07 Å². The first-order valence-electron chi connectivity index (χ1n) is 10.6. The van der Waals surface area contributed by atoms with Crippen LogP contribution in [0.25, 0.3) is 11.4 Å².